The fourth-order valence-electron chi connectivity index (χ4n) is 3.81. The highest BCUT2D eigenvalue weighted by Gasteiger charge is 2.32. The Morgan fingerprint density at radius 3 is 2.46 bits per heavy atom. The summed E-state index contributed by atoms with van der Waals surface area (Å²) in [5.74, 6) is -0.283. The minimum absolute atomic E-state index is 0.0928. The quantitative estimate of drug-likeness (QED) is 0.773. The summed E-state index contributed by atoms with van der Waals surface area (Å²) < 4.78 is 6.63. The highest BCUT2D eigenvalue weighted by molar-refractivity contribution is 5.94. The van der Waals surface area contributed by atoms with E-state index in [1.807, 2.05) is 55.9 Å². The zero-order chi connectivity index (χ0) is 20.3. The van der Waals surface area contributed by atoms with Crippen LogP contribution in [-0.2, 0) is 9.53 Å². The summed E-state index contributed by atoms with van der Waals surface area (Å²) in [7, 11) is 3.41. The molecule has 7 heteroatoms. The summed E-state index contributed by atoms with van der Waals surface area (Å²) in [6, 6.07) is 9.87. The molecule has 1 saturated heterocycles. The molecule has 2 heterocycles. The lowest BCUT2D eigenvalue weighted by molar-refractivity contribution is -0.141. The van der Waals surface area contributed by atoms with Gasteiger partial charge in [-0.2, -0.15) is 5.10 Å². The Bertz CT molecular complexity index is 844. The molecule has 0 radical (unpaired) electrons. The SMILES string of the molecule is COC(=O)C[C@H]1CC[C@@H](CNC(=O)c2ccc(-n3nc(C)cc3C)cc2)N1C. The Kier molecular flexibility index (Phi) is 6.14. The van der Waals surface area contributed by atoms with Crippen LogP contribution in [0.3, 0.4) is 0 Å². The number of likely N-dealkylation sites (N-methyl/N-ethyl adjacent to an activating group) is 1. The average molecular weight is 384 g/mol. The van der Waals surface area contributed by atoms with Crippen LogP contribution in [0.15, 0.2) is 30.3 Å². The van der Waals surface area contributed by atoms with E-state index in [-0.39, 0.29) is 24.0 Å². The van der Waals surface area contributed by atoms with Gasteiger partial charge in [0.05, 0.1) is 24.9 Å². The van der Waals surface area contributed by atoms with E-state index in [4.69, 9.17) is 4.74 Å². The molecule has 0 spiro atoms. The van der Waals surface area contributed by atoms with E-state index in [1.165, 1.54) is 7.11 Å². The Labute approximate surface area is 165 Å². The third-order valence-electron chi connectivity index (χ3n) is 5.50. The Morgan fingerprint density at radius 1 is 1.18 bits per heavy atom. The first-order valence-corrected chi connectivity index (χ1v) is 9.59. The molecule has 2 aromatic rings. The molecule has 0 unspecified atom stereocenters. The number of aromatic nitrogens is 2. The van der Waals surface area contributed by atoms with Crippen LogP contribution >= 0.6 is 0 Å². The van der Waals surface area contributed by atoms with Gasteiger partial charge in [-0.05, 0) is 64.1 Å². The number of hydrogen-bond donors (Lipinski definition) is 1. The fourth-order valence-corrected chi connectivity index (χ4v) is 3.81. The van der Waals surface area contributed by atoms with Gasteiger partial charge in [-0.3, -0.25) is 14.5 Å². The van der Waals surface area contributed by atoms with E-state index >= 15 is 0 Å². The Hall–Kier alpha value is -2.67. The number of amides is 1. The lowest BCUT2D eigenvalue weighted by Gasteiger charge is -2.25. The lowest BCUT2D eigenvalue weighted by atomic mass is 10.1. The van der Waals surface area contributed by atoms with Crippen LogP contribution in [0.5, 0.6) is 0 Å². The first kappa shape index (κ1) is 20.1. The monoisotopic (exact) mass is 384 g/mol. The van der Waals surface area contributed by atoms with Crippen LogP contribution < -0.4 is 5.32 Å². The molecular formula is C21H28N4O3. The number of aryl methyl sites for hydroxylation is 2. The summed E-state index contributed by atoms with van der Waals surface area (Å²) in [5, 5.41) is 7.48. The summed E-state index contributed by atoms with van der Waals surface area (Å²) in [4.78, 5) is 26.2. The minimum atomic E-state index is -0.191. The van der Waals surface area contributed by atoms with Crippen LogP contribution in [0.4, 0.5) is 0 Å². The molecule has 0 aliphatic carbocycles. The summed E-state index contributed by atoms with van der Waals surface area (Å²) in [5.41, 5.74) is 3.58. The van der Waals surface area contributed by atoms with Crippen molar-refractivity contribution in [2.75, 3.05) is 20.7 Å². The first-order chi connectivity index (χ1) is 13.4. The molecule has 1 aromatic carbocycles. The van der Waals surface area contributed by atoms with Gasteiger partial charge in [-0.25, -0.2) is 4.68 Å². The molecule has 1 amide bonds. The Morgan fingerprint density at radius 2 is 1.86 bits per heavy atom. The largest absolute Gasteiger partial charge is 0.469 e. The second kappa shape index (κ2) is 8.56. The summed E-state index contributed by atoms with van der Waals surface area (Å²) in [6.45, 7) is 4.53. The van der Waals surface area contributed by atoms with Crippen LogP contribution in [0.25, 0.3) is 5.69 Å². The van der Waals surface area contributed by atoms with Gasteiger partial charge in [0.25, 0.3) is 5.91 Å². The molecule has 0 bridgehead atoms. The van der Waals surface area contributed by atoms with Crippen molar-refractivity contribution < 1.29 is 14.3 Å². The highest BCUT2D eigenvalue weighted by Crippen LogP contribution is 2.24. The number of likely N-dealkylation sites (tertiary alicyclic amines) is 1. The van der Waals surface area contributed by atoms with Crippen molar-refractivity contribution in [1.82, 2.24) is 20.0 Å². The van der Waals surface area contributed by atoms with Crippen LogP contribution in [-0.4, -0.2) is 59.3 Å². The van der Waals surface area contributed by atoms with E-state index in [0.29, 0.717) is 18.5 Å². The number of ether oxygens (including phenoxy) is 1. The van der Waals surface area contributed by atoms with Gasteiger partial charge in [-0.15, -0.1) is 0 Å². The molecule has 1 aromatic heterocycles. The zero-order valence-corrected chi connectivity index (χ0v) is 16.9. The predicted molar refractivity (Wildman–Crippen MR) is 107 cm³/mol. The average Bonchev–Trinajstić information content (AvgIpc) is 3.21. The van der Waals surface area contributed by atoms with Gasteiger partial charge in [0.15, 0.2) is 0 Å². The molecule has 1 aliphatic rings. The smallest absolute Gasteiger partial charge is 0.307 e. The van der Waals surface area contributed by atoms with E-state index < -0.39 is 0 Å². The van der Waals surface area contributed by atoms with E-state index in [1.54, 1.807) is 0 Å². The number of carbonyl (C=O) groups excluding carboxylic acids is 2. The molecule has 1 aliphatic heterocycles. The van der Waals surface area contributed by atoms with Gasteiger partial charge in [0.1, 0.15) is 0 Å². The molecule has 2 atom stereocenters. The summed E-state index contributed by atoms with van der Waals surface area (Å²) in [6.07, 6.45) is 2.28. The predicted octanol–water partition coefficient (Wildman–Crippen LogP) is 2.24. The molecule has 1 N–H and O–H groups in total. The number of hydrogen-bond acceptors (Lipinski definition) is 5. The molecule has 7 nitrogen and oxygen atoms in total. The number of rotatable bonds is 6. The number of esters is 1. The molecular weight excluding hydrogens is 356 g/mol. The first-order valence-electron chi connectivity index (χ1n) is 9.59. The van der Waals surface area contributed by atoms with E-state index in [0.717, 1.165) is 29.9 Å². The third-order valence-corrected chi connectivity index (χ3v) is 5.50. The van der Waals surface area contributed by atoms with Gasteiger partial charge in [0.2, 0.25) is 0 Å². The number of methoxy groups -OCH3 is 1. The second-order valence-electron chi connectivity index (χ2n) is 7.43. The molecule has 0 saturated carbocycles. The zero-order valence-electron chi connectivity index (χ0n) is 16.9. The second-order valence-corrected chi connectivity index (χ2v) is 7.43. The van der Waals surface area contributed by atoms with Crippen molar-refractivity contribution in [1.29, 1.82) is 0 Å². The van der Waals surface area contributed by atoms with Gasteiger partial charge in [0, 0.05) is 29.9 Å². The third kappa shape index (κ3) is 4.42. The topological polar surface area (TPSA) is 76.5 Å². The molecule has 150 valence electrons. The lowest BCUT2D eigenvalue weighted by Crippen LogP contribution is -2.41. The van der Waals surface area contributed by atoms with Crippen LogP contribution in [0.2, 0.25) is 0 Å². The maximum Gasteiger partial charge on any atom is 0.307 e. The van der Waals surface area contributed by atoms with Crippen molar-refractivity contribution in [2.24, 2.45) is 0 Å². The number of carbonyl (C=O) groups is 2. The number of nitrogens with zero attached hydrogens (tertiary/aromatic N) is 3. The van der Waals surface area contributed by atoms with E-state index in [2.05, 4.69) is 15.3 Å². The van der Waals surface area contributed by atoms with Crippen molar-refractivity contribution >= 4 is 11.9 Å². The minimum Gasteiger partial charge on any atom is -0.469 e. The molecule has 3 rings (SSSR count). The Balaban J connectivity index is 1.55. The standard InChI is InChI=1S/C21H28N4O3/c1-14-11-15(2)25(23-14)17-7-5-16(6-8-17)21(27)22-13-19-10-9-18(24(19)3)12-20(26)28-4/h5-8,11,18-19H,9-10,12-13H2,1-4H3,(H,22,27)/t18-,19+/m1/s1. The van der Waals surface area contributed by atoms with Crippen LogP contribution in [0, 0.1) is 13.8 Å². The van der Waals surface area contributed by atoms with Crippen molar-refractivity contribution in [3.05, 3.63) is 47.3 Å². The van der Waals surface area contributed by atoms with Gasteiger partial charge < -0.3 is 10.1 Å². The van der Waals surface area contributed by atoms with Gasteiger partial charge in [-0.1, -0.05) is 0 Å². The maximum atomic E-state index is 12.5. The van der Waals surface area contributed by atoms with Crippen LogP contribution in [0.1, 0.15) is 41.0 Å². The van der Waals surface area contributed by atoms with Crippen molar-refractivity contribution in [3.63, 3.8) is 0 Å². The maximum absolute atomic E-state index is 12.5. The van der Waals surface area contributed by atoms with Crippen molar-refractivity contribution in [3.8, 4) is 5.69 Å². The normalized spacial score (nSPS) is 19.6. The summed E-state index contributed by atoms with van der Waals surface area (Å²) >= 11 is 0. The van der Waals surface area contributed by atoms with E-state index in [9.17, 15) is 9.59 Å². The van der Waals surface area contributed by atoms with Crippen molar-refractivity contribution in [2.45, 2.75) is 45.2 Å². The highest BCUT2D eigenvalue weighted by atomic mass is 16.5. The number of benzene rings is 1. The molecule has 1 fully saturated rings. The van der Waals surface area contributed by atoms with Gasteiger partial charge >= 0.3 is 5.97 Å². The fraction of sp³-hybridized carbons (Fsp3) is 0.476. The number of nitrogens with one attached hydrogen (secondary N) is 1. The molecule has 28 heavy (non-hydrogen) atoms.